The molecule has 3 nitrogen and oxygen atoms in total. The molecule has 0 spiro atoms. The van der Waals surface area contributed by atoms with Gasteiger partial charge in [0, 0.05) is 23.6 Å². The van der Waals surface area contributed by atoms with Gasteiger partial charge in [0.1, 0.15) is 5.76 Å². The van der Waals surface area contributed by atoms with Crippen molar-refractivity contribution in [3.05, 3.63) is 46.7 Å². The van der Waals surface area contributed by atoms with E-state index in [0.717, 1.165) is 22.2 Å². The Bertz CT molecular complexity index is 494. The zero-order valence-corrected chi connectivity index (χ0v) is 10.7. The number of hydrogen-bond acceptors (Lipinski definition) is 3. The molecule has 1 heterocycles. The summed E-state index contributed by atoms with van der Waals surface area (Å²) in [6.45, 7) is 4.78. The molecule has 17 heavy (non-hydrogen) atoms. The van der Waals surface area contributed by atoms with Gasteiger partial charge in [-0.05, 0) is 11.6 Å². The Kier molecular flexibility index (Phi) is 3.69. The van der Waals surface area contributed by atoms with Crippen LogP contribution in [0.25, 0.3) is 0 Å². The first-order chi connectivity index (χ1) is 8.16. The quantitative estimate of drug-likeness (QED) is 0.889. The van der Waals surface area contributed by atoms with E-state index in [1.165, 1.54) is 0 Å². The van der Waals surface area contributed by atoms with E-state index in [0.29, 0.717) is 12.5 Å². The fraction of sp³-hybridized carbons (Fsp3) is 0.308. The fourth-order valence-electron chi connectivity index (χ4n) is 1.47. The summed E-state index contributed by atoms with van der Waals surface area (Å²) in [5.41, 5.74) is 1.04. The van der Waals surface area contributed by atoms with Crippen LogP contribution in [-0.4, -0.2) is 5.16 Å². The van der Waals surface area contributed by atoms with Gasteiger partial charge in [-0.25, -0.2) is 0 Å². The van der Waals surface area contributed by atoms with Crippen molar-refractivity contribution in [2.75, 3.05) is 5.32 Å². The fourth-order valence-corrected chi connectivity index (χ4v) is 1.67. The predicted octanol–water partition coefficient (Wildman–Crippen LogP) is 4.06. The van der Waals surface area contributed by atoms with Gasteiger partial charge in [0.05, 0.1) is 0 Å². The third-order valence-electron chi connectivity index (χ3n) is 2.52. The van der Waals surface area contributed by atoms with Crippen LogP contribution in [0.1, 0.15) is 31.1 Å². The van der Waals surface area contributed by atoms with E-state index in [4.69, 9.17) is 16.1 Å². The molecule has 0 unspecified atom stereocenters. The Morgan fingerprint density at radius 1 is 1.35 bits per heavy atom. The van der Waals surface area contributed by atoms with E-state index < -0.39 is 0 Å². The van der Waals surface area contributed by atoms with Crippen LogP contribution in [0.2, 0.25) is 5.02 Å². The largest absolute Gasteiger partial charge is 0.363 e. The third-order valence-corrected chi connectivity index (χ3v) is 2.88. The second kappa shape index (κ2) is 5.23. The summed E-state index contributed by atoms with van der Waals surface area (Å²) in [4.78, 5) is 0. The number of halogens is 1. The summed E-state index contributed by atoms with van der Waals surface area (Å²) in [6, 6.07) is 9.66. The van der Waals surface area contributed by atoms with Crippen LogP contribution in [0.4, 0.5) is 5.82 Å². The highest BCUT2D eigenvalue weighted by Gasteiger charge is 2.07. The highest BCUT2D eigenvalue weighted by atomic mass is 35.5. The molecule has 4 heteroatoms. The van der Waals surface area contributed by atoms with Crippen molar-refractivity contribution in [3.8, 4) is 0 Å². The van der Waals surface area contributed by atoms with Crippen LogP contribution in [0.15, 0.2) is 34.9 Å². The molecule has 0 atom stereocenters. The van der Waals surface area contributed by atoms with Crippen LogP contribution >= 0.6 is 11.6 Å². The number of anilines is 1. The minimum atomic E-state index is 0.346. The van der Waals surface area contributed by atoms with E-state index >= 15 is 0 Å². The molecule has 0 bridgehead atoms. The summed E-state index contributed by atoms with van der Waals surface area (Å²) < 4.78 is 5.20. The van der Waals surface area contributed by atoms with E-state index in [9.17, 15) is 0 Å². The molecule has 0 saturated heterocycles. The summed E-state index contributed by atoms with van der Waals surface area (Å²) in [7, 11) is 0. The molecule has 0 aliphatic heterocycles. The van der Waals surface area contributed by atoms with Crippen molar-refractivity contribution in [2.45, 2.75) is 26.3 Å². The Labute approximate surface area is 106 Å². The molecule has 2 rings (SSSR count). The van der Waals surface area contributed by atoms with Crippen molar-refractivity contribution >= 4 is 17.4 Å². The highest BCUT2D eigenvalue weighted by Crippen LogP contribution is 2.20. The Morgan fingerprint density at radius 3 is 2.76 bits per heavy atom. The van der Waals surface area contributed by atoms with Gasteiger partial charge in [0.25, 0.3) is 0 Å². The van der Waals surface area contributed by atoms with Gasteiger partial charge in [-0.15, -0.1) is 0 Å². The predicted molar refractivity (Wildman–Crippen MR) is 69.4 cm³/mol. The lowest BCUT2D eigenvalue weighted by atomic mass is 10.1. The van der Waals surface area contributed by atoms with Crippen molar-refractivity contribution in [1.82, 2.24) is 5.16 Å². The van der Waals surface area contributed by atoms with Gasteiger partial charge in [-0.1, -0.05) is 48.8 Å². The van der Waals surface area contributed by atoms with E-state index in [2.05, 4.69) is 24.3 Å². The van der Waals surface area contributed by atoms with Crippen LogP contribution in [-0.2, 0) is 6.54 Å². The van der Waals surface area contributed by atoms with Gasteiger partial charge in [-0.2, -0.15) is 0 Å². The number of rotatable bonds is 4. The number of nitrogens with one attached hydrogen (secondary N) is 1. The highest BCUT2D eigenvalue weighted by molar-refractivity contribution is 6.31. The third kappa shape index (κ3) is 3.01. The van der Waals surface area contributed by atoms with Crippen LogP contribution in [0.3, 0.4) is 0 Å². The van der Waals surface area contributed by atoms with Crippen molar-refractivity contribution in [1.29, 1.82) is 0 Å². The summed E-state index contributed by atoms with van der Waals surface area (Å²) in [6.07, 6.45) is 0. The summed E-state index contributed by atoms with van der Waals surface area (Å²) in [5.74, 6) is 1.97. The van der Waals surface area contributed by atoms with Crippen molar-refractivity contribution in [2.24, 2.45) is 0 Å². The number of nitrogens with zero attached hydrogens (tertiary/aromatic N) is 1. The van der Waals surface area contributed by atoms with Crippen molar-refractivity contribution in [3.63, 3.8) is 0 Å². The Hall–Kier alpha value is -1.48. The van der Waals surface area contributed by atoms with E-state index in [1.807, 2.05) is 30.3 Å². The minimum Gasteiger partial charge on any atom is -0.363 e. The first-order valence-corrected chi connectivity index (χ1v) is 5.98. The van der Waals surface area contributed by atoms with Gasteiger partial charge < -0.3 is 9.84 Å². The van der Waals surface area contributed by atoms with Gasteiger partial charge in [0.2, 0.25) is 0 Å². The molecular formula is C13H15ClN2O. The molecule has 2 aromatic rings. The monoisotopic (exact) mass is 250 g/mol. The molecule has 1 aromatic heterocycles. The SMILES string of the molecule is CC(C)c1cc(NCc2ccccc2Cl)no1. The smallest absolute Gasteiger partial charge is 0.169 e. The molecule has 1 aromatic carbocycles. The second-order valence-electron chi connectivity index (χ2n) is 4.21. The lowest BCUT2D eigenvalue weighted by Crippen LogP contribution is -1.99. The maximum Gasteiger partial charge on any atom is 0.169 e. The molecule has 0 saturated carbocycles. The maximum absolute atomic E-state index is 6.06. The summed E-state index contributed by atoms with van der Waals surface area (Å²) in [5, 5.41) is 7.90. The Balaban J connectivity index is 2.00. The van der Waals surface area contributed by atoms with Crippen LogP contribution in [0.5, 0.6) is 0 Å². The number of aromatic nitrogens is 1. The van der Waals surface area contributed by atoms with Gasteiger partial charge >= 0.3 is 0 Å². The first kappa shape index (κ1) is 12.0. The average molecular weight is 251 g/mol. The molecular weight excluding hydrogens is 236 g/mol. The minimum absolute atomic E-state index is 0.346. The molecule has 0 radical (unpaired) electrons. The average Bonchev–Trinajstić information content (AvgIpc) is 2.77. The lowest BCUT2D eigenvalue weighted by Gasteiger charge is -2.04. The normalized spacial score (nSPS) is 10.8. The van der Waals surface area contributed by atoms with E-state index in [-0.39, 0.29) is 0 Å². The van der Waals surface area contributed by atoms with E-state index in [1.54, 1.807) is 0 Å². The Morgan fingerprint density at radius 2 is 2.12 bits per heavy atom. The second-order valence-corrected chi connectivity index (χ2v) is 4.62. The molecule has 1 N–H and O–H groups in total. The van der Waals surface area contributed by atoms with Crippen molar-refractivity contribution < 1.29 is 4.52 Å². The van der Waals surface area contributed by atoms with Gasteiger partial charge in [0.15, 0.2) is 5.82 Å². The molecule has 0 amide bonds. The molecule has 90 valence electrons. The summed E-state index contributed by atoms with van der Waals surface area (Å²) >= 11 is 6.06. The first-order valence-electron chi connectivity index (χ1n) is 5.60. The number of benzene rings is 1. The van der Waals surface area contributed by atoms with Gasteiger partial charge in [-0.3, -0.25) is 0 Å². The molecule has 0 aliphatic rings. The zero-order valence-electron chi connectivity index (χ0n) is 9.90. The lowest BCUT2D eigenvalue weighted by molar-refractivity contribution is 0.373. The topological polar surface area (TPSA) is 38.1 Å². The number of hydrogen-bond donors (Lipinski definition) is 1. The standard InChI is InChI=1S/C13H15ClN2O/c1-9(2)12-7-13(16-17-12)15-8-10-5-3-4-6-11(10)14/h3-7,9H,8H2,1-2H3,(H,15,16). The van der Waals surface area contributed by atoms with Crippen LogP contribution < -0.4 is 5.32 Å². The molecule has 0 aliphatic carbocycles. The zero-order chi connectivity index (χ0) is 12.3. The molecule has 0 fully saturated rings. The van der Waals surface area contributed by atoms with Crippen LogP contribution in [0, 0.1) is 0 Å². The maximum atomic E-state index is 6.06.